The van der Waals surface area contributed by atoms with E-state index in [0.717, 1.165) is 11.0 Å². The number of hydrogen-bond donors (Lipinski definition) is 0. The van der Waals surface area contributed by atoms with E-state index < -0.39 is 0 Å². The van der Waals surface area contributed by atoms with Crippen LogP contribution in [-0.2, 0) is 5.33 Å². The number of halogens is 1. The van der Waals surface area contributed by atoms with Crippen LogP contribution >= 0.6 is 27.5 Å². The van der Waals surface area contributed by atoms with Crippen LogP contribution in [0.15, 0.2) is 35.7 Å². The first-order valence-electron chi connectivity index (χ1n) is 3.96. The molecule has 2 aromatic rings. The van der Waals surface area contributed by atoms with Gasteiger partial charge in [-0.1, -0.05) is 46.3 Å². The van der Waals surface area contributed by atoms with Crippen molar-refractivity contribution in [3.63, 3.8) is 0 Å². The van der Waals surface area contributed by atoms with Gasteiger partial charge in [0.15, 0.2) is 0 Å². The van der Waals surface area contributed by atoms with E-state index in [1.807, 2.05) is 18.2 Å². The summed E-state index contributed by atoms with van der Waals surface area (Å²) in [5, 5.41) is 2.95. The predicted molar refractivity (Wildman–Crippen MR) is 60.2 cm³/mol. The number of hydrogen-bond acceptors (Lipinski definition) is 2. The van der Waals surface area contributed by atoms with E-state index >= 15 is 0 Å². The van der Waals surface area contributed by atoms with E-state index in [-0.39, 0.29) is 0 Å². The van der Waals surface area contributed by atoms with E-state index in [0.29, 0.717) is 0 Å². The lowest BCUT2D eigenvalue weighted by Crippen LogP contribution is -1.81. The van der Waals surface area contributed by atoms with Gasteiger partial charge in [0.2, 0.25) is 0 Å². The van der Waals surface area contributed by atoms with Crippen molar-refractivity contribution in [1.82, 2.24) is 4.37 Å². The van der Waals surface area contributed by atoms with Crippen LogP contribution < -0.4 is 0 Å². The molecule has 1 nitrogen and oxygen atoms in total. The highest BCUT2D eigenvalue weighted by molar-refractivity contribution is 9.08. The molecule has 1 heterocycles. The third-order valence-electron chi connectivity index (χ3n) is 1.83. The third-order valence-corrected chi connectivity index (χ3v) is 3.12. The van der Waals surface area contributed by atoms with Crippen molar-refractivity contribution in [1.29, 1.82) is 0 Å². The molecule has 0 spiro atoms. The van der Waals surface area contributed by atoms with Crippen LogP contribution in [0.25, 0.3) is 11.3 Å². The monoisotopic (exact) mass is 253 g/mol. The van der Waals surface area contributed by atoms with E-state index in [1.165, 1.54) is 22.7 Å². The smallest absolute Gasteiger partial charge is 0.0881 e. The average molecular weight is 254 g/mol. The number of rotatable bonds is 2. The Balaban J connectivity index is 2.47. The van der Waals surface area contributed by atoms with Crippen LogP contribution in [0.4, 0.5) is 0 Å². The standard InChI is InChI=1S/C10H8BrNS/c11-6-9-7-13-12-10(9)8-4-2-1-3-5-8/h1-5,7H,6H2. The topological polar surface area (TPSA) is 12.9 Å². The maximum Gasteiger partial charge on any atom is 0.0881 e. The zero-order chi connectivity index (χ0) is 9.10. The Morgan fingerprint density at radius 1 is 1.23 bits per heavy atom. The summed E-state index contributed by atoms with van der Waals surface area (Å²) in [6.07, 6.45) is 0. The van der Waals surface area contributed by atoms with Crippen molar-refractivity contribution in [2.75, 3.05) is 0 Å². The van der Waals surface area contributed by atoms with E-state index in [1.54, 1.807) is 0 Å². The highest BCUT2D eigenvalue weighted by Crippen LogP contribution is 2.25. The van der Waals surface area contributed by atoms with Gasteiger partial charge in [-0.05, 0) is 11.5 Å². The molecule has 0 aliphatic carbocycles. The highest BCUT2D eigenvalue weighted by Gasteiger charge is 2.05. The summed E-state index contributed by atoms with van der Waals surface area (Å²) in [5.74, 6) is 0. The van der Waals surface area contributed by atoms with E-state index in [9.17, 15) is 0 Å². The summed E-state index contributed by atoms with van der Waals surface area (Å²) < 4.78 is 4.37. The second-order valence-electron chi connectivity index (χ2n) is 2.69. The molecule has 0 saturated carbocycles. The lowest BCUT2D eigenvalue weighted by Gasteiger charge is -1.97. The Bertz CT molecular complexity index is 383. The zero-order valence-corrected chi connectivity index (χ0v) is 9.31. The molecule has 0 radical (unpaired) electrons. The number of aromatic nitrogens is 1. The molecule has 0 aliphatic heterocycles. The minimum Gasteiger partial charge on any atom is -0.192 e. The fourth-order valence-electron chi connectivity index (χ4n) is 1.19. The van der Waals surface area contributed by atoms with Gasteiger partial charge < -0.3 is 0 Å². The maximum absolute atomic E-state index is 4.37. The van der Waals surface area contributed by atoms with Crippen molar-refractivity contribution in [3.05, 3.63) is 41.3 Å². The first kappa shape index (κ1) is 8.91. The summed E-state index contributed by atoms with van der Waals surface area (Å²) in [5.41, 5.74) is 3.55. The quantitative estimate of drug-likeness (QED) is 0.744. The Morgan fingerprint density at radius 2 is 2.00 bits per heavy atom. The van der Waals surface area contributed by atoms with Gasteiger partial charge in [0.05, 0.1) is 5.69 Å². The summed E-state index contributed by atoms with van der Waals surface area (Å²) in [7, 11) is 0. The number of alkyl halides is 1. The van der Waals surface area contributed by atoms with Crippen molar-refractivity contribution < 1.29 is 0 Å². The molecule has 3 heteroatoms. The molecule has 0 bridgehead atoms. The number of nitrogens with zero attached hydrogens (tertiary/aromatic N) is 1. The summed E-state index contributed by atoms with van der Waals surface area (Å²) in [4.78, 5) is 0. The molecule has 0 aliphatic rings. The fourth-order valence-corrected chi connectivity index (χ4v) is 2.53. The van der Waals surface area contributed by atoms with E-state index in [4.69, 9.17) is 0 Å². The summed E-state index contributed by atoms with van der Waals surface area (Å²) in [6.45, 7) is 0. The van der Waals surface area contributed by atoms with Crippen LogP contribution in [0.2, 0.25) is 0 Å². The minimum atomic E-state index is 0.869. The van der Waals surface area contributed by atoms with E-state index in [2.05, 4.69) is 37.8 Å². The molecular weight excluding hydrogens is 246 g/mol. The van der Waals surface area contributed by atoms with Gasteiger partial charge in [-0.25, -0.2) is 0 Å². The molecule has 0 atom stereocenters. The van der Waals surface area contributed by atoms with Crippen LogP contribution in [0.5, 0.6) is 0 Å². The third kappa shape index (κ3) is 1.81. The molecule has 1 aromatic carbocycles. The van der Waals surface area contributed by atoms with Gasteiger partial charge in [-0.3, -0.25) is 0 Å². The van der Waals surface area contributed by atoms with Crippen LogP contribution in [0.3, 0.4) is 0 Å². The normalized spacial score (nSPS) is 10.2. The lowest BCUT2D eigenvalue weighted by molar-refractivity contribution is 1.41. The lowest BCUT2D eigenvalue weighted by atomic mass is 10.1. The Hall–Kier alpha value is -0.670. The first-order valence-corrected chi connectivity index (χ1v) is 5.92. The summed E-state index contributed by atoms with van der Waals surface area (Å²) >= 11 is 4.96. The predicted octanol–water partition coefficient (Wildman–Crippen LogP) is 3.71. The fraction of sp³-hybridized carbons (Fsp3) is 0.100. The molecule has 0 saturated heterocycles. The Kier molecular flexibility index (Phi) is 2.76. The van der Waals surface area contributed by atoms with Crippen LogP contribution in [-0.4, -0.2) is 4.37 Å². The zero-order valence-electron chi connectivity index (χ0n) is 6.90. The molecule has 1 aromatic heterocycles. The molecular formula is C10H8BrNS. The van der Waals surface area contributed by atoms with Crippen molar-refractivity contribution >= 4 is 27.5 Å². The van der Waals surface area contributed by atoms with Gasteiger partial charge in [0.25, 0.3) is 0 Å². The van der Waals surface area contributed by atoms with Gasteiger partial charge in [0, 0.05) is 21.8 Å². The van der Waals surface area contributed by atoms with Gasteiger partial charge in [0.1, 0.15) is 0 Å². The van der Waals surface area contributed by atoms with Gasteiger partial charge in [-0.15, -0.1) is 0 Å². The average Bonchev–Trinajstić information content (AvgIpc) is 2.67. The van der Waals surface area contributed by atoms with Crippen molar-refractivity contribution in [2.24, 2.45) is 0 Å². The van der Waals surface area contributed by atoms with Crippen LogP contribution in [0.1, 0.15) is 5.56 Å². The molecule has 0 N–H and O–H groups in total. The minimum absolute atomic E-state index is 0.869. The molecule has 0 amide bonds. The SMILES string of the molecule is BrCc1csnc1-c1ccccc1. The van der Waals surface area contributed by atoms with Gasteiger partial charge in [-0.2, -0.15) is 4.37 Å². The van der Waals surface area contributed by atoms with Gasteiger partial charge >= 0.3 is 0 Å². The maximum atomic E-state index is 4.37. The Labute approximate surface area is 89.7 Å². The molecule has 2 rings (SSSR count). The van der Waals surface area contributed by atoms with Crippen molar-refractivity contribution in [3.8, 4) is 11.3 Å². The second kappa shape index (κ2) is 4.03. The largest absolute Gasteiger partial charge is 0.192 e. The first-order chi connectivity index (χ1) is 6.42. The Morgan fingerprint density at radius 3 is 2.69 bits per heavy atom. The molecule has 13 heavy (non-hydrogen) atoms. The molecule has 0 fully saturated rings. The molecule has 66 valence electrons. The van der Waals surface area contributed by atoms with Crippen molar-refractivity contribution in [2.45, 2.75) is 5.33 Å². The highest BCUT2D eigenvalue weighted by atomic mass is 79.9. The summed E-state index contributed by atoms with van der Waals surface area (Å²) in [6, 6.07) is 10.3. The van der Waals surface area contributed by atoms with Crippen LogP contribution in [0, 0.1) is 0 Å². The molecule has 0 unspecified atom stereocenters. The number of benzene rings is 1. The second-order valence-corrected chi connectivity index (χ2v) is 3.88.